The lowest BCUT2D eigenvalue weighted by Gasteiger charge is -2.37. The van der Waals surface area contributed by atoms with Crippen molar-refractivity contribution in [2.75, 3.05) is 0 Å². The SMILES string of the molecule is CC(C)(C)C(=O)OC1CCC2C(=O)C(Oc3ccc(-c4ccccc4)cc3)=COC2C1. The number of benzene rings is 2. The fourth-order valence-corrected chi connectivity index (χ4v) is 3.92. The molecule has 4 rings (SSSR count). The van der Waals surface area contributed by atoms with E-state index in [1.54, 1.807) is 0 Å². The average molecular weight is 421 g/mol. The lowest BCUT2D eigenvalue weighted by Crippen LogP contribution is -2.43. The van der Waals surface area contributed by atoms with Crippen LogP contribution >= 0.6 is 0 Å². The van der Waals surface area contributed by atoms with Gasteiger partial charge in [0.15, 0.2) is 0 Å². The van der Waals surface area contributed by atoms with Crippen LogP contribution in [-0.4, -0.2) is 24.0 Å². The van der Waals surface area contributed by atoms with E-state index >= 15 is 0 Å². The van der Waals surface area contributed by atoms with E-state index in [9.17, 15) is 9.59 Å². The first-order valence-electron chi connectivity index (χ1n) is 10.8. The summed E-state index contributed by atoms with van der Waals surface area (Å²) in [4.78, 5) is 25.1. The Balaban J connectivity index is 1.39. The number of hydrogen-bond donors (Lipinski definition) is 0. The third kappa shape index (κ3) is 4.82. The third-order valence-corrected chi connectivity index (χ3v) is 5.75. The molecular weight excluding hydrogens is 392 g/mol. The van der Waals surface area contributed by atoms with Crippen LogP contribution < -0.4 is 4.74 Å². The molecule has 5 nitrogen and oxygen atoms in total. The molecule has 162 valence electrons. The predicted octanol–water partition coefficient (Wildman–Crippen LogP) is 5.30. The van der Waals surface area contributed by atoms with E-state index in [-0.39, 0.29) is 35.6 Å². The molecule has 1 aliphatic carbocycles. The smallest absolute Gasteiger partial charge is 0.311 e. The van der Waals surface area contributed by atoms with Gasteiger partial charge in [0.1, 0.15) is 24.2 Å². The van der Waals surface area contributed by atoms with Gasteiger partial charge < -0.3 is 14.2 Å². The van der Waals surface area contributed by atoms with E-state index < -0.39 is 5.41 Å². The molecule has 0 radical (unpaired) electrons. The number of esters is 1. The maximum Gasteiger partial charge on any atom is 0.311 e. The Labute approximate surface area is 183 Å². The van der Waals surface area contributed by atoms with Gasteiger partial charge in [-0.3, -0.25) is 9.59 Å². The number of carbonyl (C=O) groups is 2. The minimum atomic E-state index is -0.545. The van der Waals surface area contributed by atoms with E-state index in [4.69, 9.17) is 14.2 Å². The zero-order chi connectivity index (χ0) is 22.0. The van der Waals surface area contributed by atoms with Crippen LogP contribution in [0.15, 0.2) is 66.6 Å². The van der Waals surface area contributed by atoms with Gasteiger partial charge in [-0.05, 0) is 56.9 Å². The number of ketones is 1. The quantitative estimate of drug-likeness (QED) is 0.628. The van der Waals surface area contributed by atoms with Gasteiger partial charge in [0, 0.05) is 6.42 Å². The van der Waals surface area contributed by atoms with Gasteiger partial charge in [-0.1, -0.05) is 42.5 Å². The Bertz CT molecular complexity index is 969. The lowest BCUT2D eigenvalue weighted by atomic mass is 9.80. The summed E-state index contributed by atoms with van der Waals surface area (Å²) in [5.74, 6) is 0.265. The summed E-state index contributed by atoms with van der Waals surface area (Å²) < 4.78 is 17.3. The Hall–Kier alpha value is -3.08. The lowest BCUT2D eigenvalue weighted by molar-refractivity contribution is -0.164. The first-order valence-corrected chi connectivity index (χ1v) is 10.8. The molecule has 0 aromatic heterocycles. The summed E-state index contributed by atoms with van der Waals surface area (Å²) in [6.07, 6.45) is 2.68. The second kappa shape index (κ2) is 8.58. The van der Waals surface area contributed by atoms with E-state index in [2.05, 4.69) is 0 Å². The van der Waals surface area contributed by atoms with Crippen LogP contribution in [0.1, 0.15) is 40.0 Å². The summed E-state index contributed by atoms with van der Waals surface area (Å²) >= 11 is 0. The highest BCUT2D eigenvalue weighted by Crippen LogP contribution is 2.36. The maximum absolute atomic E-state index is 13.0. The number of hydrogen-bond acceptors (Lipinski definition) is 5. The van der Waals surface area contributed by atoms with Gasteiger partial charge in [0.2, 0.25) is 11.5 Å². The van der Waals surface area contributed by atoms with Crippen molar-refractivity contribution in [3.63, 3.8) is 0 Å². The van der Waals surface area contributed by atoms with Crippen molar-refractivity contribution in [2.24, 2.45) is 11.3 Å². The molecule has 0 spiro atoms. The Morgan fingerprint density at radius 3 is 2.32 bits per heavy atom. The highest BCUT2D eigenvalue weighted by Gasteiger charge is 2.42. The van der Waals surface area contributed by atoms with Crippen molar-refractivity contribution < 1.29 is 23.8 Å². The Kier molecular flexibility index (Phi) is 5.86. The van der Waals surface area contributed by atoms with E-state index in [1.165, 1.54) is 6.26 Å². The van der Waals surface area contributed by atoms with Gasteiger partial charge in [0.25, 0.3) is 0 Å². The largest absolute Gasteiger partial charge is 0.493 e. The van der Waals surface area contributed by atoms with Crippen molar-refractivity contribution in [3.8, 4) is 16.9 Å². The maximum atomic E-state index is 13.0. The normalized spacial score (nSPS) is 23.3. The number of Topliss-reactive ketones (excluding diaryl/α,β-unsaturated/α-hetero) is 1. The highest BCUT2D eigenvalue weighted by atomic mass is 16.6. The van der Waals surface area contributed by atoms with Crippen LogP contribution in [0.2, 0.25) is 0 Å². The topological polar surface area (TPSA) is 61.8 Å². The first-order chi connectivity index (χ1) is 14.8. The van der Waals surface area contributed by atoms with Crippen LogP contribution in [0.25, 0.3) is 11.1 Å². The molecule has 1 heterocycles. The van der Waals surface area contributed by atoms with Crippen LogP contribution in [0.3, 0.4) is 0 Å². The fraction of sp³-hybridized carbons (Fsp3) is 0.385. The predicted molar refractivity (Wildman–Crippen MR) is 117 cm³/mol. The van der Waals surface area contributed by atoms with Crippen molar-refractivity contribution in [3.05, 3.63) is 66.6 Å². The van der Waals surface area contributed by atoms with Crippen LogP contribution in [0, 0.1) is 11.3 Å². The number of carbonyl (C=O) groups excluding carboxylic acids is 2. The molecule has 1 aliphatic heterocycles. The van der Waals surface area contributed by atoms with Crippen molar-refractivity contribution in [1.82, 2.24) is 0 Å². The molecule has 5 heteroatoms. The minimum absolute atomic E-state index is 0.0519. The molecule has 1 fully saturated rings. The second-order valence-electron chi connectivity index (χ2n) is 9.21. The molecular formula is C26H28O5. The minimum Gasteiger partial charge on any atom is -0.493 e. The second-order valence-corrected chi connectivity index (χ2v) is 9.21. The van der Waals surface area contributed by atoms with Gasteiger partial charge in [-0.2, -0.15) is 0 Å². The van der Waals surface area contributed by atoms with Gasteiger partial charge in [0.05, 0.1) is 11.3 Å². The first kappa shape index (κ1) is 21.2. The number of ether oxygens (including phenoxy) is 3. The molecule has 2 aromatic rings. The molecule has 2 aliphatic rings. The molecule has 1 saturated carbocycles. The number of fused-ring (bicyclic) bond motifs is 1. The standard InChI is InChI=1S/C26H28O5/c1-26(2,3)25(28)31-20-13-14-21-22(15-20)29-16-23(24(21)27)30-19-11-9-18(10-12-19)17-7-5-4-6-8-17/h4-12,16,20-22H,13-15H2,1-3H3. The molecule has 2 aromatic carbocycles. The molecule has 31 heavy (non-hydrogen) atoms. The zero-order valence-corrected chi connectivity index (χ0v) is 18.2. The van der Waals surface area contributed by atoms with Crippen LogP contribution in [0.5, 0.6) is 5.75 Å². The average Bonchev–Trinajstić information content (AvgIpc) is 2.76. The summed E-state index contributed by atoms with van der Waals surface area (Å²) in [5, 5.41) is 0. The molecule has 0 bridgehead atoms. The Morgan fingerprint density at radius 1 is 0.968 bits per heavy atom. The van der Waals surface area contributed by atoms with Gasteiger partial charge in [-0.25, -0.2) is 0 Å². The van der Waals surface area contributed by atoms with Crippen LogP contribution in [-0.2, 0) is 19.1 Å². The number of rotatable bonds is 4. The van der Waals surface area contributed by atoms with Gasteiger partial charge in [-0.15, -0.1) is 0 Å². The monoisotopic (exact) mass is 420 g/mol. The molecule has 3 unspecified atom stereocenters. The zero-order valence-electron chi connectivity index (χ0n) is 18.2. The Morgan fingerprint density at radius 2 is 1.65 bits per heavy atom. The fourth-order valence-electron chi connectivity index (χ4n) is 3.92. The van der Waals surface area contributed by atoms with Crippen molar-refractivity contribution in [1.29, 1.82) is 0 Å². The number of allylic oxidation sites excluding steroid dienone is 1. The third-order valence-electron chi connectivity index (χ3n) is 5.75. The summed E-state index contributed by atoms with van der Waals surface area (Å²) in [7, 11) is 0. The molecule has 0 amide bonds. The summed E-state index contributed by atoms with van der Waals surface area (Å²) in [5.41, 5.74) is 1.66. The molecule has 0 saturated heterocycles. The van der Waals surface area contributed by atoms with E-state index in [1.807, 2.05) is 75.4 Å². The van der Waals surface area contributed by atoms with E-state index in [0.29, 0.717) is 25.0 Å². The highest BCUT2D eigenvalue weighted by molar-refractivity contribution is 5.96. The van der Waals surface area contributed by atoms with E-state index in [0.717, 1.165) is 11.1 Å². The van der Waals surface area contributed by atoms with Crippen molar-refractivity contribution >= 4 is 11.8 Å². The molecule has 3 atom stereocenters. The summed E-state index contributed by atoms with van der Waals surface area (Å²) in [6.45, 7) is 5.50. The molecule has 0 N–H and O–H groups in total. The summed E-state index contributed by atoms with van der Waals surface area (Å²) in [6, 6.07) is 17.7. The van der Waals surface area contributed by atoms with Gasteiger partial charge >= 0.3 is 5.97 Å². The van der Waals surface area contributed by atoms with Crippen LogP contribution in [0.4, 0.5) is 0 Å². The van der Waals surface area contributed by atoms with Crippen molar-refractivity contribution in [2.45, 2.75) is 52.2 Å².